The highest BCUT2D eigenvalue weighted by molar-refractivity contribution is 7.98. The summed E-state index contributed by atoms with van der Waals surface area (Å²) in [6.45, 7) is 2.15. The van der Waals surface area contributed by atoms with Crippen LogP contribution in [0, 0.1) is 0 Å². The number of thioether (sulfide) groups is 1. The number of aryl methyl sites for hydroxylation is 1. The summed E-state index contributed by atoms with van der Waals surface area (Å²) in [6, 6.07) is 3.14. The summed E-state index contributed by atoms with van der Waals surface area (Å²) < 4.78 is 1.07. The van der Waals surface area contributed by atoms with E-state index in [1.807, 2.05) is 12.3 Å². The van der Waals surface area contributed by atoms with E-state index in [0.717, 1.165) is 29.3 Å². The Bertz CT molecular complexity index is 704. The number of aliphatic carboxylic acids is 1. The fraction of sp³-hybridized carbons (Fsp3) is 0.529. The van der Waals surface area contributed by atoms with Crippen LogP contribution in [0.5, 0.6) is 0 Å². The molecule has 0 radical (unpaired) electrons. The van der Waals surface area contributed by atoms with E-state index in [0.29, 0.717) is 11.4 Å². The molecule has 0 saturated heterocycles. The van der Waals surface area contributed by atoms with Crippen LogP contribution in [0.1, 0.15) is 30.3 Å². The van der Waals surface area contributed by atoms with Crippen LogP contribution in [0.15, 0.2) is 18.3 Å². The number of pyridine rings is 1. The van der Waals surface area contributed by atoms with Gasteiger partial charge in [0, 0.05) is 33.3 Å². The summed E-state index contributed by atoms with van der Waals surface area (Å²) in [5.74, 6) is -0.936. The number of rotatable bonds is 9. The summed E-state index contributed by atoms with van der Waals surface area (Å²) >= 11 is 3.11. The van der Waals surface area contributed by atoms with E-state index < -0.39 is 17.6 Å². The minimum atomic E-state index is -2.02. The topological polar surface area (TPSA) is 96.4 Å². The number of nitrogens with two attached hydrogens (primary N) is 1. The third-order valence-corrected chi connectivity index (χ3v) is 5.98. The normalized spacial score (nSPS) is 15.3. The number of aliphatic hydroxyl groups is 1. The van der Waals surface area contributed by atoms with Crippen LogP contribution in [0.3, 0.4) is 0 Å². The number of aromatic nitrogens is 1. The zero-order chi connectivity index (χ0) is 17.7. The Morgan fingerprint density at radius 3 is 2.92 bits per heavy atom. The van der Waals surface area contributed by atoms with Crippen molar-refractivity contribution in [3.05, 3.63) is 28.9 Å². The molecule has 2 rings (SSSR count). The van der Waals surface area contributed by atoms with Crippen molar-refractivity contribution in [2.24, 2.45) is 5.73 Å². The van der Waals surface area contributed by atoms with Gasteiger partial charge in [0.25, 0.3) is 0 Å². The third-order valence-electron chi connectivity index (χ3n) is 4.12. The number of carbonyl (C=O) groups is 1. The number of nitrogens with zero attached hydrogens (tertiary/aromatic N) is 1. The first-order chi connectivity index (χ1) is 11.4. The maximum absolute atomic E-state index is 11.7. The van der Waals surface area contributed by atoms with Crippen molar-refractivity contribution in [3.8, 4) is 0 Å². The SMILES string of the molecule is CCCCc1cc2c(CC(O)(C(=O)O)[C@@H](N)CSC)nccc2s1. The van der Waals surface area contributed by atoms with Crippen molar-refractivity contribution in [2.75, 3.05) is 12.0 Å². The molecule has 1 unspecified atom stereocenters. The predicted molar refractivity (Wildman–Crippen MR) is 101 cm³/mol. The molecule has 2 aromatic rings. The van der Waals surface area contributed by atoms with Crippen LogP contribution in [0.25, 0.3) is 10.1 Å². The quantitative estimate of drug-likeness (QED) is 0.630. The number of fused-ring (bicyclic) bond motifs is 1. The Labute approximate surface area is 150 Å². The van der Waals surface area contributed by atoms with Gasteiger partial charge in [-0.1, -0.05) is 13.3 Å². The number of carboxylic acid groups (broad SMARTS) is 1. The molecule has 2 aromatic heterocycles. The fourth-order valence-electron chi connectivity index (χ4n) is 2.62. The summed E-state index contributed by atoms with van der Waals surface area (Å²) in [5.41, 5.74) is 4.52. The second kappa shape index (κ2) is 8.29. The van der Waals surface area contributed by atoms with E-state index in [1.165, 1.54) is 16.6 Å². The average Bonchev–Trinajstić information content (AvgIpc) is 2.96. The van der Waals surface area contributed by atoms with Gasteiger partial charge in [0.2, 0.25) is 0 Å². The minimum absolute atomic E-state index is 0.0919. The van der Waals surface area contributed by atoms with E-state index in [4.69, 9.17) is 5.73 Å². The Balaban J connectivity index is 2.36. The largest absolute Gasteiger partial charge is 0.479 e. The van der Waals surface area contributed by atoms with Crippen LogP contribution in [-0.2, 0) is 17.6 Å². The lowest BCUT2D eigenvalue weighted by Gasteiger charge is -2.29. The van der Waals surface area contributed by atoms with E-state index in [2.05, 4.69) is 18.0 Å². The molecule has 0 fully saturated rings. The Kier molecular flexibility index (Phi) is 6.62. The van der Waals surface area contributed by atoms with Gasteiger partial charge in [-0.05, 0) is 31.2 Å². The molecule has 5 nitrogen and oxygen atoms in total. The standard InChI is InChI=1S/C17H24N2O3S2/c1-3-4-5-11-8-12-13(19-7-6-14(12)24-11)9-17(22,16(20)21)15(18)10-23-2/h6-8,15,22H,3-5,9-10,18H2,1-2H3,(H,20,21)/t15-,17?/m0/s1. The van der Waals surface area contributed by atoms with E-state index >= 15 is 0 Å². The van der Waals surface area contributed by atoms with Crippen LogP contribution in [-0.4, -0.2) is 44.8 Å². The van der Waals surface area contributed by atoms with E-state index in [-0.39, 0.29) is 6.42 Å². The Hall–Kier alpha value is -1.15. The highest BCUT2D eigenvalue weighted by atomic mass is 32.2. The van der Waals surface area contributed by atoms with Crippen LogP contribution in [0.4, 0.5) is 0 Å². The molecule has 0 aliphatic heterocycles. The minimum Gasteiger partial charge on any atom is -0.479 e. The molecule has 0 bridgehead atoms. The first-order valence-electron chi connectivity index (χ1n) is 7.99. The van der Waals surface area contributed by atoms with Gasteiger partial charge in [-0.3, -0.25) is 4.98 Å². The molecule has 2 heterocycles. The van der Waals surface area contributed by atoms with Crippen molar-refractivity contribution >= 4 is 39.2 Å². The average molecular weight is 369 g/mol. The number of carboxylic acids is 1. The molecule has 0 amide bonds. The smallest absolute Gasteiger partial charge is 0.337 e. The zero-order valence-corrected chi connectivity index (χ0v) is 15.6. The first-order valence-corrected chi connectivity index (χ1v) is 10.2. The van der Waals surface area contributed by atoms with Crippen molar-refractivity contribution in [1.29, 1.82) is 0 Å². The molecule has 0 aliphatic carbocycles. The molecule has 0 saturated carbocycles. The van der Waals surface area contributed by atoms with Gasteiger partial charge in [0.15, 0.2) is 5.60 Å². The van der Waals surface area contributed by atoms with Crippen molar-refractivity contribution in [1.82, 2.24) is 4.98 Å². The monoisotopic (exact) mass is 368 g/mol. The number of thiophene rings is 1. The van der Waals surface area contributed by atoms with Gasteiger partial charge >= 0.3 is 5.97 Å². The van der Waals surface area contributed by atoms with Crippen LogP contribution < -0.4 is 5.73 Å². The van der Waals surface area contributed by atoms with Gasteiger partial charge in [0.05, 0.1) is 11.7 Å². The van der Waals surface area contributed by atoms with Crippen molar-refractivity contribution in [2.45, 2.75) is 44.2 Å². The fourth-order valence-corrected chi connectivity index (χ4v) is 4.38. The lowest BCUT2D eigenvalue weighted by atomic mass is 9.89. The third kappa shape index (κ3) is 4.08. The predicted octanol–water partition coefficient (Wildman–Crippen LogP) is 2.69. The second-order valence-electron chi connectivity index (χ2n) is 5.95. The molecule has 0 aliphatic rings. The number of hydrogen-bond donors (Lipinski definition) is 3. The summed E-state index contributed by atoms with van der Waals surface area (Å²) in [5, 5.41) is 21.1. The Morgan fingerprint density at radius 1 is 1.54 bits per heavy atom. The first kappa shape index (κ1) is 19.2. The summed E-state index contributed by atoms with van der Waals surface area (Å²) in [7, 11) is 0. The maximum Gasteiger partial charge on any atom is 0.337 e. The van der Waals surface area contributed by atoms with Crippen LogP contribution in [0.2, 0.25) is 0 Å². The van der Waals surface area contributed by atoms with E-state index in [9.17, 15) is 15.0 Å². The molecule has 0 spiro atoms. The summed E-state index contributed by atoms with van der Waals surface area (Å²) in [4.78, 5) is 17.2. The highest BCUT2D eigenvalue weighted by Crippen LogP contribution is 2.31. The molecule has 132 valence electrons. The second-order valence-corrected chi connectivity index (χ2v) is 8.03. The van der Waals surface area contributed by atoms with Crippen molar-refractivity contribution in [3.63, 3.8) is 0 Å². The molecule has 7 heteroatoms. The molecule has 0 aromatic carbocycles. The van der Waals surface area contributed by atoms with E-state index in [1.54, 1.807) is 17.5 Å². The molecular weight excluding hydrogens is 344 g/mol. The van der Waals surface area contributed by atoms with Gasteiger partial charge in [0.1, 0.15) is 0 Å². The van der Waals surface area contributed by atoms with Gasteiger partial charge < -0.3 is 15.9 Å². The van der Waals surface area contributed by atoms with Crippen LogP contribution >= 0.6 is 23.1 Å². The molecule has 2 atom stereocenters. The van der Waals surface area contributed by atoms with Crippen molar-refractivity contribution < 1.29 is 15.0 Å². The number of hydrogen-bond acceptors (Lipinski definition) is 6. The lowest BCUT2D eigenvalue weighted by Crippen LogP contribution is -2.57. The number of unbranched alkanes of at least 4 members (excludes halogenated alkanes) is 1. The van der Waals surface area contributed by atoms with Gasteiger partial charge in [-0.15, -0.1) is 11.3 Å². The van der Waals surface area contributed by atoms with Gasteiger partial charge in [-0.2, -0.15) is 11.8 Å². The summed E-state index contributed by atoms with van der Waals surface area (Å²) in [6.07, 6.45) is 6.66. The molecular formula is C17H24N2O3S2. The van der Waals surface area contributed by atoms with Gasteiger partial charge in [-0.25, -0.2) is 4.79 Å². The molecule has 24 heavy (non-hydrogen) atoms. The highest BCUT2D eigenvalue weighted by Gasteiger charge is 2.43. The zero-order valence-electron chi connectivity index (χ0n) is 14.0. The maximum atomic E-state index is 11.7. The lowest BCUT2D eigenvalue weighted by molar-refractivity contribution is -0.160. The molecule has 4 N–H and O–H groups in total. The Morgan fingerprint density at radius 2 is 2.29 bits per heavy atom.